The summed E-state index contributed by atoms with van der Waals surface area (Å²) in [5, 5.41) is 8.39. The molecule has 0 unspecified atom stereocenters. The van der Waals surface area contributed by atoms with Crippen molar-refractivity contribution in [1.29, 1.82) is 0 Å². The monoisotopic (exact) mass is 387 g/mol. The molecule has 3 aromatic rings. The van der Waals surface area contributed by atoms with Gasteiger partial charge in [-0.25, -0.2) is 15.1 Å². The van der Waals surface area contributed by atoms with Crippen LogP contribution in [-0.4, -0.2) is 44.2 Å². The van der Waals surface area contributed by atoms with Crippen molar-refractivity contribution in [2.45, 2.75) is 33.9 Å². The van der Waals surface area contributed by atoms with Crippen molar-refractivity contribution < 1.29 is 9.13 Å². The fraction of sp³-hybridized carbons (Fsp3) is 0.389. The molecule has 0 aliphatic carbocycles. The minimum atomic E-state index is -0.482. The fourth-order valence-corrected chi connectivity index (χ4v) is 2.92. The number of nitrogens with zero attached hydrogens (tertiary/aromatic N) is 6. The molecule has 0 fully saturated rings. The van der Waals surface area contributed by atoms with Gasteiger partial charge in [-0.05, 0) is 32.4 Å². The van der Waals surface area contributed by atoms with E-state index in [1.54, 1.807) is 18.6 Å². The number of anilines is 1. The van der Waals surface area contributed by atoms with Crippen LogP contribution >= 0.6 is 0 Å². The van der Waals surface area contributed by atoms with Gasteiger partial charge < -0.3 is 4.74 Å². The number of hydrogen-bond acceptors (Lipinski definition) is 7. The van der Waals surface area contributed by atoms with E-state index in [9.17, 15) is 9.18 Å². The van der Waals surface area contributed by atoms with E-state index in [0.717, 1.165) is 11.3 Å². The lowest BCUT2D eigenvalue weighted by atomic mass is 10.2. The van der Waals surface area contributed by atoms with Gasteiger partial charge in [0, 0.05) is 19.3 Å². The first kappa shape index (κ1) is 19.6. The third-order valence-electron chi connectivity index (χ3n) is 4.25. The molecule has 0 saturated heterocycles. The molecule has 3 heterocycles. The Balaban J connectivity index is 2.03. The van der Waals surface area contributed by atoms with Gasteiger partial charge in [-0.15, -0.1) is 0 Å². The van der Waals surface area contributed by atoms with Crippen LogP contribution in [0, 0.1) is 19.8 Å². The molecule has 28 heavy (non-hydrogen) atoms. The number of aromatic nitrogens is 5. The molecule has 3 aromatic heterocycles. The minimum absolute atomic E-state index is 0.201. The number of nitrogens with one attached hydrogen (secondary N) is 1. The Morgan fingerprint density at radius 1 is 1.36 bits per heavy atom. The first-order chi connectivity index (χ1) is 13.5. The Kier molecular flexibility index (Phi) is 5.78. The summed E-state index contributed by atoms with van der Waals surface area (Å²) in [5.41, 5.74) is 4.62. The van der Waals surface area contributed by atoms with E-state index in [-0.39, 0.29) is 11.5 Å². The third-order valence-corrected chi connectivity index (χ3v) is 4.25. The molecule has 0 bridgehead atoms. The van der Waals surface area contributed by atoms with E-state index in [1.807, 2.05) is 19.9 Å². The van der Waals surface area contributed by atoms with Crippen molar-refractivity contribution in [3.05, 3.63) is 45.4 Å². The Morgan fingerprint density at radius 3 is 2.82 bits per heavy atom. The number of methoxy groups -OCH3 is 1. The molecule has 0 aliphatic heterocycles. The minimum Gasteiger partial charge on any atom is -0.383 e. The zero-order valence-electron chi connectivity index (χ0n) is 16.2. The highest BCUT2D eigenvalue weighted by Crippen LogP contribution is 2.17. The smallest absolute Gasteiger partial charge is 0.284 e. The zero-order chi connectivity index (χ0) is 20.3. The van der Waals surface area contributed by atoms with Crippen molar-refractivity contribution in [1.82, 2.24) is 24.3 Å². The number of aryl methyl sites for hydroxylation is 3. The molecule has 3 rings (SSSR count). The van der Waals surface area contributed by atoms with Gasteiger partial charge in [-0.2, -0.15) is 19.6 Å². The quantitative estimate of drug-likeness (QED) is 0.491. The summed E-state index contributed by atoms with van der Waals surface area (Å²) in [4.78, 5) is 21.1. The lowest BCUT2D eigenvalue weighted by molar-refractivity contribution is 0.188. The second-order valence-corrected chi connectivity index (χ2v) is 6.24. The van der Waals surface area contributed by atoms with Gasteiger partial charge in [0.1, 0.15) is 5.65 Å². The number of ether oxygens (including phenoxy) is 1. The van der Waals surface area contributed by atoms with Crippen LogP contribution in [0.3, 0.4) is 0 Å². The van der Waals surface area contributed by atoms with Crippen molar-refractivity contribution in [2.24, 2.45) is 5.10 Å². The largest absolute Gasteiger partial charge is 0.383 e. The van der Waals surface area contributed by atoms with Crippen molar-refractivity contribution in [3.8, 4) is 0 Å². The van der Waals surface area contributed by atoms with Gasteiger partial charge in [-0.3, -0.25) is 9.36 Å². The lowest BCUT2D eigenvalue weighted by Gasteiger charge is -2.15. The highest BCUT2D eigenvalue weighted by molar-refractivity contribution is 5.81. The predicted molar refractivity (Wildman–Crippen MR) is 104 cm³/mol. The number of hydrazone groups is 1. The van der Waals surface area contributed by atoms with Crippen LogP contribution in [-0.2, 0) is 17.8 Å². The van der Waals surface area contributed by atoms with Crippen LogP contribution in [0.2, 0.25) is 0 Å². The first-order valence-corrected chi connectivity index (χ1v) is 8.84. The molecule has 0 radical (unpaired) electrons. The van der Waals surface area contributed by atoms with Crippen LogP contribution < -0.4 is 11.0 Å². The van der Waals surface area contributed by atoms with Crippen molar-refractivity contribution in [2.75, 3.05) is 19.1 Å². The Hall–Kier alpha value is -3.14. The summed E-state index contributed by atoms with van der Waals surface area (Å²) >= 11 is 0. The Morgan fingerprint density at radius 2 is 2.14 bits per heavy atom. The molecule has 10 heteroatoms. The van der Waals surface area contributed by atoms with Crippen molar-refractivity contribution in [3.63, 3.8) is 0 Å². The second-order valence-electron chi connectivity index (χ2n) is 6.24. The molecule has 0 aliphatic rings. The molecule has 0 saturated carbocycles. The summed E-state index contributed by atoms with van der Waals surface area (Å²) in [7, 11) is 1.58. The molecule has 0 spiro atoms. The number of fused-ring (bicyclic) bond motifs is 1. The molecule has 9 nitrogen and oxygen atoms in total. The summed E-state index contributed by atoms with van der Waals surface area (Å²) in [6, 6.07) is 1.84. The average molecular weight is 387 g/mol. The number of halogens is 1. The van der Waals surface area contributed by atoms with E-state index in [0.29, 0.717) is 30.7 Å². The van der Waals surface area contributed by atoms with Crippen LogP contribution in [0.5, 0.6) is 0 Å². The summed E-state index contributed by atoms with van der Waals surface area (Å²) in [6.07, 6.45) is 2.67. The predicted octanol–water partition coefficient (Wildman–Crippen LogP) is 1.86. The Bertz CT molecular complexity index is 1090. The average Bonchev–Trinajstić information content (AvgIpc) is 3.00. The maximum Gasteiger partial charge on any atom is 0.284 e. The fourth-order valence-electron chi connectivity index (χ4n) is 2.92. The molecular weight excluding hydrogens is 365 g/mol. The second kappa shape index (κ2) is 8.26. The molecule has 0 aromatic carbocycles. The van der Waals surface area contributed by atoms with Crippen LogP contribution in [0.4, 0.5) is 10.3 Å². The van der Waals surface area contributed by atoms with E-state index >= 15 is 0 Å². The van der Waals surface area contributed by atoms with E-state index in [4.69, 9.17) is 4.74 Å². The van der Waals surface area contributed by atoms with Crippen LogP contribution in [0.15, 0.2) is 22.2 Å². The molecule has 0 atom stereocenters. The first-order valence-electron chi connectivity index (χ1n) is 8.84. The maximum absolute atomic E-state index is 14.0. The van der Waals surface area contributed by atoms with E-state index < -0.39 is 11.5 Å². The Labute approximate surface area is 160 Å². The lowest BCUT2D eigenvalue weighted by Crippen LogP contribution is -2.21. The van der Waals surface area contributed by atoms with Crippen molar-refractivity contribution >= 4 is 23.2 Å². The summed E-state index contributed by atoms with van der Waals surface area (Å²) in [5.74, 6) is -0.282. The third kappa shape index (κ3) is 3.77. The van der Waals surface area contributed by atoms with Gasteiger partial charge in [0.15, 0.2) is 0 Å². The highest BCUT2D eigenvalue weighted by Gasteiger charge is 2.14. The van der Waals surface area contributed by atoms with E-state index in [2.05, 4.69) is 25.6 Å². The number of rotatable bonds is 7. The summed E-state index contributed by atoms with van der Waals surface area (Å²) in [6.45, 7) is 6.72. The van der Waals surface area contributed by atoms with Gasteiger partial charge in [0.2, 0.25) is 11.9 Å². The van der Waals surface area contributed by atoms with Gasteiger partial charge in [0.25, 0.3) is 5.56 Å². The van der Waals surface area contributed by atoms with Gasteiger partial charge >= 0.3 is 0 Å². The van der Waals surface area contributed by atoms with Crippen LogP contribution in [0.25, 0.3) is 11.0 Å². The summed E-state index contributed by atoms with van der Waals surface area (Å²) < 4.78 is 22.2. The SMILES string of the molecule is CCn1ncc(/C=N/Nc2nc(=O)c3c(C)cc(C)nc3n2CCOC)c1F. The zero-order valence-corrected chi connectivity index (χ0v) is 16.2. The topological polar surface area (TPSA) is 99.2 Å². The molecule has 0 amide bonds. The normalized spacial score (nSPS) is 11.6. The number of pyridine rings is 1. The number of hydrogen-bond donors (Lipinski definition) is 1. The molecular formula is C18H22FN7O2. The van der Waals surface area contributed by atoms with Gasteiger partial charge in [-0.1, -0.05) is 0 Å². The highest BCUT2D eigenvalue weighted by atomic mass is 19.1. The molecule has 1 N–H and O–H groups in total. The van der Waals surface area contributed by atoms with Gasteiger partial charge in [0.05, 0.1) is 36.5 Å². The van der Waals surface area contributed by atoms with Crippen LogP contribution in [0.1, 0.15) is 23.7 Å². The maximum atomic E-state index is 14.0. The van der Waals surface area contributed by atoms with E-state index in [1.165, 1.54) is 17.1 Å². The molecule has 148 valence electrons. The standard InChI is InChI=1S/C18H22FN7O2/c1-5-26-15(19)13(10-21-26)9-20-24-18-23-17(27)14-11(2)8-12(3)22-16(14)25(18)6-7-28-4/h8-10H,5-7H2,1-4H3,(H,23,24,27)/b20-9+.